The fraction of sp³-hybridized carbons (Fsp3) is 0.500. The van der Waals surface area contributed by atoms with Crippen LogP contribution in [0.25, 0.3) is 10.2 Å². The van der Waals surface area contributed by atoms with Crippen molar-refractivity contribution in [1.82, 2.24) is 15.2 Å². The van der Waals surface area contributed by atoms with Gasteiger partial charge in [-0.15, -0.1) is 23.7 Å². The summed E-state index contributed by atoms with van der Waals surface area (Å²) in [5.41, 5.74) is 0.908. The van der Waals surface area contributed by atoms with Gasteiger partial charge < -0.3 is 5.32 Å². The van der Waals surface area contributed by atoms with E-state index in [1.165, 1.54) is 18.9 Å². The molecule has 1 aromatic heterocycles. The normalized spacial score (nSPS) is 19.4. The van der Waals surface area contributed by atoms with Gasteiger partial charge in [-0.25, -0.2) is 9.37 Å². The molecular formula is C14H19ClFN3S. The van der Waals surface area contributed by atoms with Gasteiger partial charge in [-0.1, -0.05) is 0 Å². The van der Waals surface area contributed by atoms with E-state index in [-0.39, 0.29) is 18.2 Å². The first-order valence-corrected chi connectivity index (χ1v) is 7.51. The molecule has 0 bridgehead atoms. The molecule has 110 valence electrons. The summed E-state index contributed by atoms with van der Waals surface area (Å²) >= 11 is 1.61. The second-order valence-corrected chi connectivity index (χ2v) is 6.16. The molecule has 1 aromatic carbocycles. The lowest BCUT2D eigenvalue weighted by atomic mass is 10.2. The lowest BCUT2D eigenvalue weighted by molar-refractivity contribution is 0.242. The maximum Gasteiger partial charge on any atom is 0.124 e. The molecule has 0 spiro atoms. The highest BCUT2D eigenvalue weighted by Crippen LogP contribution is 2.26. The van der Waals surface area contributed by atoms with Gasteiger partial charge in [0.25, 0.3) is 0 Å². The molecule has 0 saturated carbocycles. The van der Waals surface area contributed by atoms with E-state index in [2.05, 4.69) is 15.2 Å². The topological polar surface area (TPSA) is 28.2 Å². The largest absolute Gasteiger partial charge is 0.318 e. The molecule has 1 aliphatic rings. The first kappa shape index (κ1) is 15.6. The zero-order valence-electron chi connectivity index (χ0n) is 11.4. The smallest absolute Gasteiger partial charge is 0.124 e. The highest BCUT2D eigenvalue weighted by Gasteiger charge is 2.24. The number of likely N-dealkylation sites (N-methyl/N-ethyl adjacent to an activating group) is 1. The molecule has 2 heterocycles. The van der Waals surface area contributed by atoms with E-state index >= 15 is 0 Å². The predicted octanol–water partition coefficient (Wildman–Crippen LogP) is 3.04. The second kappa shape index (κ2) is 6.80. The molecule has 20 heavy (non-hydrogen) atoms. The third-order valence-corrected chi connectivity index (χ3v) is 4.67. The monoisotopic (exact) mass is 315 g/mol. The van der Waals surface area contributed by atoms with Crippen molar-refractivity contribution in [1.29, 1.82) is 0 Å². The number of fused-ring (bicyclic) bond motifs is 1. The second-order valence-electron chi connectivity index (χ2n) is 5.04. The minimum atomic E-state index is -0.183. The number of hydrogen-bond acceptors (Lipinski definition) is 4. The summed E-state index contributed by atoms with van der Waals surface area (Å²) in [4.78, 5) is 7.08. The summed E-state index contributed by atoms with van der Waals surface area (Å²) in [6, 6.07) is 5.42. The van der Waals surface area contributed by atoms with Crippen LogP contribution in [0.5, 0.6) is 0 Å². The quantitative estimate of drug-likeness (QED) is 0.940. The van der Waals surface area contributed by atoms with E-state index in [0.29, 0.717) is 6.04 Å². The minimum absolute atomic E-state index is 0. The molecule has 1 atom stereocenters. The van der Waals surface area contributed by atoms with Crippen LogP contribution in [0.3, 0.4) is 0 Å². The van der Waals surface area contributed by atoms with E-state index in [0.717, 1.165) is 34.9 Å². The molecule has 6 heteroatoms. The molecule has 1 unspecified atom stereocenters. The maximum absolute atomic E-state index is 13.2. The van der Waals surface area contributed by atoms with Crippen molar-refractivity contribution in [2.45, 2.75) is 25.4 Å². The molecule has 0 aliphatic carbocycles. The van der Waals surface area contributed by atoms with Crippen LogP contribution in [-0.2, 0) is 6.54 Å². The summed E-state index contributed by atoms with van der Waals surface area (Å²) in [7, 11) is 2.00. The summed E-state index contributed by atoms with van der Waals surface area (Å²) in [6.45, 7) is 3.05. The molecular weight excluding hydrogens is 297 g/mol. The van der Waals surface area contributed by atoms with Crippen LogP contribution in [0, 0.1) is 5.82 Å². The standard InChI is InChI=1S/C14H18FN3S.ClH/c1-16-8-11-3-2-6-18(11)9-14-17-12-5-4-10(15)7-13(12)19-14;/h4-5,7,11,16H,2-3,6,8-9H2,1H3;1H. The molecule has 1 saturated heterocycles. The predicted molar refractivity (Wildman–Crippen MR) is 84.2 cm³/mol. The number of benzene rings is 1. The lowest BCUT2D eigenvalue weighted by Crippen LogP contribution is -2.36. The Hall–Kier alpha value is -0.750. The van der Waals surface area contributed by atoms with E-state index < -0.39 is 0 Å². The van der Waals surface area contributed by atoms with Crippen molar-refractivity contribution < 1.29 is 4.39 Å². The van der Waals surface area contributed by atoms with Gasteiger partial charge in [-0.05, 0) is 44.6 Å². The molecule has 0 amide bonds. The molecule has 3 nitrogen and oxygen atoms in total. The maximum atomic E-state index is 13.2. The summed E-state index contributed by atoms with van der Waals surface area (Å²) in [5.74, 6) is -0.183. The van der Waals surface area contributed by atoms with Crippen molar-refractivity contribution in [2.75, 3.05) is 20.1 Å². The Kier molecular flexibility index (Phi) is 5.32. The van der Waals surface area contributed by atoms with Crippen LogP contribution >= 0.6 is 23.7 Å². The van der Waals surface area contributed by atoms with Crippen molar-refractivity contribution in [2.24, 2.45) is 0 Å². The van der Waals surface area contributed by atoms with E-state index in [1.807, 2.05) is 7.05 Å². The Morgan fingerprint density at radius 3 is 3.15 bits per heavy atom. The van der Waals surface area contributed by atoms with Gasteiger partial charge in [0.2, 0.25) is 0 Å². The molecule has 3 rings (SSSR count). The first-order chi connectivity index (χ1) is 9.26. The summed E-state index contributed by atoms with van der Waals surface area (Å²) < 4.78 is 14.1. The Morgan fingerprint density at radius 2 is 2.35 bits per heavy atom. The number of nitrogens with one attached hydrogen (secondary N) is 1. The number of rotatable bonds is 4. The zero-order chi connectivity index (χ0) is 13.2. The molecule has 2 aromatic rings. The number of nitrogens with zero attached hydrogens (tertiary/aromatic N) is 2. The first-order valence-electron chi connectivity index (χ1n) is 6.70. The van der Waals surface area contributed by atoms with Crippen LogP contribution in [0.4, 0.5) is 4.39 Å². The van der Waals surface area contributed by atoms with Gasteiger partial charge in [0.1, 0.15) is 10.8 Å². The number of aromatic nitrogens is 1. The zero-order valence-corrected chi connectivity index (χ0v) is 13.1. The average Bonchev–Trinajstić information content (AvgIpc) is 2.97. The Labute approximate surface area is 128 Å². The van der Waals surface area contributed by atoms with Gasteiger partial charge in [-0.3, -0.25) is 4.90 Å². The minimum Gasteiger partial charge on any atom is -0.318 e. The van der Waals surface area contributed by atoms with Crippen molar-refractivity contribution in [3.05, 3.63) is 29.0 Å². The lowest BCUT2D eigenvalue weighted by Gasteiger charge is -2.22. The van der Waals surface area contributed by atoms with Crippen LogP contribution < -0.4 is 5.32 Å². The van der Waals surface area contributed by atoms with Gasteiger partial charge >= 0.3 is 0 Å². The Bertz CT molecular complexity index is 575. The van der Waals surface area contributed by atoms with Gasteiger partial charge in [0.15, 0.2) is 0 Å². The Morgan fingerprint density at radius 1 is 1.50 bits per heavy atom. The van der Waals surface area contributed by atoms with Crippen LogP contribution in [-0.4, -0.2) is 36.1 Å². The number of hydrogen-bond donors (Lipinski definition) is 1. The van der Waals surface area contributed by atoms with Crippen LogP contribution in [0.15, 0.2) is 18.2 Å². The van der Waals surface area contributed by atoms with Gasteiger partial charge in [0, 0.05) is 12.6 Å². The van der Waals surface area contributed by atoms with Gasteiger partial charge in [0.05, 0.1) is 16.8 Å². The number of halogens is 2. The van der Waals surface area contributed by atoms with Crippen molar-refractivity contribution in [3.63, 3.8) is 0 Å². The van der Waals surface area contributed by atoms with Gasteiger partial charge in [-0.2, -0.15) is 0 Å². The van der Waals surface area contributed by atoms with E-state index in [4.69, 9.17) is 0 Å². The highest BCUT2D eigenvalue weighted by molar-refractivity contribution is 7.18. The van der Waals surface area contributed by atoms with Crippen molar-refractivity contribution >= 4 is 34.0 Å². The SMILES string of the molecule is CNCC1CCCN1Cc1nc2ccc(F)cc2s1.Cl. The molecule has 1 fully saturated rings. The number of likely N-dealkylation sites (tertiary alicyclic amines) is 1. The Balaban J connectivity index is 0.00000147. The fourth-order valence-electron chi connectivity index (χ4n) is 2.76. The third kappa shape index (κ3) is 3.28. The van der Waals surface area contributed by atoms with Crippen molar-refractivity contribution in [3.8, 4) is 0 Å². The van der Waals surface area contributed by atoms with E-state index in [1.54, 1.807) is 23.5 Å². The molecule has 1 aliphatic heterocycles. The fourth-order valence-corrected chi connectivity index (χ4v) is 3.78. The molecule has 0 radical (unpaired) electrons. The van der Waals surface area contributed by atoms with Crippen LogP contribution in [0.2, 0.25) is 0 Å². The van der Waals surface area contributed by atoms with E-state index in [9.17, 15) is 4.39 Å². The molecule has 1 N–H and O–H groups in total. The summed E-state index contributed by atoms with van der Waals surface area (Å²) in [5, 5.41) is 4.34. The third-order valence-electron chi connectivity index (χ3n) is 3.67. The summed E-state index contributed by atoms with van der Waals surface area (Å²) in [6.07, 6.45) is 2.51. The van der Waals surface area contributed by atoms with Crippen LogP contribution in [0.1, 0.15) is 17.8 Å². The average molecular weight is 316 g/mol. The number of thiazole rings is 1. The highest BCUT2D eigenvalue weighted by atomic mass is 35.5.